The molecule has 0 spiro atoms. The van der Waals surface area contributed by atoms with Crippen LogP contribution >= 0.6 is 0 Å². The first kappa shape index (κ1) is 20.8. The van der Waals surface area contributed by atoms with Crippen molar-refractivity contribution in [2.45, 2.75) is 6.92 Å². The zero-order valence-corrected chi connectivity index (χ0v) is 17.9. The molecule has 0 amide bonds. The van der Waals surface area contributed by atoms with Crippen molar-refractivity contribution in [2.75, 3.05) is 54.1 Å². The van der Waals surface area contributed by atoms with Gasteiger partial charge in [0.05, 0.1) is 43.9 Å². The highest BCUT2D eigenvalue weighted by molar-refractivity contribution is 6.25. The third kappa shape index (κ3) is 3.71. The van der Waals surface area contributed by atoms with E-state index >= 15 is 0 Å². The largest absolute Gasteiger partial charge is 0.493 e. The third-order valence-electron chi connectivity index (χ3n) is 5.46. The summed E-state index contributed by atoms with van der Waals surface area (Å²) >= 11 is 0. The fraction of sp³-hybridized carbons (Fsp3) is 0.409. The van der Waals surface area contributed by atoms with Gasteiger partial charge in [-0.05, 0) is 19.1 Å². The van der Waals surface area contributed by atoms with Crippen LogP contribution in [0.2, 0.25) is 0 Å². The van der Waals surface area contributed by atoms with Gasteiger partial charge in [0.25, 0.3) is 0 Å². The second-order valence-corrected chi connectivity index (χ2v) is 7.42. The van der Waals surface area contributed by atoms with Crippen molar-refractivity contribution in [1.82, 2.24) is 9.80 Å². The molecule has 0 aromatic heterocycles. The summed E-state index contributed by atoms with van der Waals surface area (Å²) in [4.78, 5) is 42.5. The fourth-order valence-corrected chi connectivity index (χ4v) is 3.66. The molecule has 0 atom stereocenters. The molecule has 1 aromatic rings. The number of benzene rings is 1. The van der Waals surface area contributed by atoms with E-state index in [9.17, 15) is 14.4 Å². The molecule has 0 bridgehead atoms. The quantitative estimate of drug-likeness (QED) is 0.344. The van der Waals surface area contributed by atoms with E-state index in [0.29, 0.717) is 47.3 Å². The molecule has 1 aromatic carbocycles. The topological polar surface area (TPSA) is 94.2 Å². The lowest BCUT2D eigenvalue weighted by atomic mass is 9.91. The van der Waals surface area contributed by atoms with E-state index in [4.69, 9.17) is 18.9 Å². The van der Waals surface area contributed by atoms with Crippen LogP contribution in [0, 0.1) is 0 Å². The number of methoxy groups -OCH3 is 3. The minimum atomic E-state index is -0.670. The van der Waals surface area contributed by atoms with Gasteiger partial charge >= 0.3 is 5.97 Å². The van der Waals surface area contributed by atoms with E-state index in [1.54, 1.807) is 6.92 Å². The number of ketones is 2. The predicted octanol–water partition coefficient (Wildman–Crippen LogP) is 1.18. The van der Waals surface area contributed by atoms with Crippen molar-refractivity contribution in [3.8, 4) is 17.2 Å². The van der Waals surface area contributed by atoms with Crippen molar-refractivity contribution in [1.29, 1.82) is 0 Å². The predicted molar refractivity (Wildman–Crippen MR) is 109 cm³/mol. The van der Waals surface area contributed by atoms with Crippen LogP contribution in [-0.4, -0.2) is 81.5 Å². The molecule has 4 rings (SSSR count). The third-order valence-corrected chi connectivity index (χ3v) is 5.46. The monoisotopic (exact) mass is 428 g/mol. The Bertz CT molecular complexity index is 1010. The number of allylic oxidation sites excluding steroid dienone is 2. The average Bonchev–Trinajstić information content (AvgIpc) is 3.68. The van der Waals surface area contributed by atoms with Gasteiger partial charge < -0.3 is 28.7 Å². The van der Waals surface area contributed by atoms with E-state index in [0.717, 1.165) is 13.1 Å². The van der Waals surface area contributed by atoms with Gasteiger partial charge in [0.2, 0.25) is 17.3 Å². The standard InChI is InChI=1S/C22H24N2O7/c1-12-17(23-5-6-23)20(26)14(18(19(12)25)24-7-8-24)11-31-22(27)13-9-15(28-2)21(30-4)16(10-13)29-3/h9-10H,5-8,11H2,1-4H3. The van der Waals surface area contributed by atoms with E-state index in [-0.39, 0.29) is 29.3 Å². The Morgan fingerprint density at radius 1 is 0.871 bits per heavy atom. The number of Topliss-reactive ketones (excluding diaryl/α,β-unsaturated/α-hetero) is 2. The molecule has 0 unspecified atom stereocenters. The van der Waals surface area contributed by atoms with Gasteiger partial charge in [0.15, 0.2) is 11.5 Å². The number of carbonyl (C=O) groups excluding carboxylic acids is 3. The maximum absolute atomic E-state index is 13.2. The van der Waals surface area contributed by atoms with Crippen LogP contribution in [0.25, 0.3) is 0 Å². The molecule has 2 aliphatic heterocycles. The highest BCUT2D eigenvalue weighted by Crippen LogP contribution is 2.39. The highest BCUT2D eigenvalue weighted by atomic mass is 16.5. The van der Waals surface area contributed by atoms with Gasteiger partial charge in [-0.25, -0.2) is 4.79 Å². The molecule has 0 saturated carbocycles. The summed E-state index contributed by atoms with van der Waals surface area (Å²) in [7, 11) is 4.36. The van der Waals surface area contributed by atoms with Gasteiger partial charge in [-0.3, -0.25) is 9.59 Å². The van der Waals surface area contributed by atoms with Crippen LogP contribution in [0.15, 0.2) is 34.7 Å². The van der Waals surface area contributed by atoms with Crippen LogP contribution in [0.5, 0.6) is 17.2 Å². The second kappa shape index (κ2) is 7.98. The molecule has 31 heavy (non-hydrogen) atoms. The molecule has 0 N–H and O–H groups in total. The molecule has 9 heteroatoms. The van der Waals surface area contributed by atoms with Crippen LogP contribution in [0.4, 0.5) is 0 Å². The first-order valence-corrected chi connectivity index (χ1v) is 9.91. The Kier molecular flexibility index (Phi) is 5.34. The Morgan fingerprint density at radius 2 is 1.42 bits per heavy atom. The van der Waals surface area contributed by atoms with Gasteiger partial charge in [0.1, 0.15) is 6.61 Å². The number of ether oxygens (including phenoxy) is 4. The van der Waals surface area contributed by atoms with Crippen molar-refractivity contribution < 1.29 is 33.3 Å². The van der Waals surface area contributed by atoms with E-state index in [2.05, 4.69) is 0 Å². The van der Waals surface area contributed by atoms with Gasteiger partial charge in [0, 0.05) is 31.8 Å². The zero-order valence-electron chi connectivity index (χ0n) is 17.9. The van der Waals surface area contributed by atoms with Crippen molar-refractivity contribution >= 4 is 17.5 Å². The summed E-state index contributed by atoms with van der Waals surface area (Å²) in [5.74, 6) is -0.137. The number of hydrogen-bond acceptors (Lipinski definition) is 9. The maximum Gasteiger partial charge on any atom is 0.338 e. The minimum Gasteiger partial charge on any atom is -0.493 e. The summed E-state index contributed by atoms with van der Waals surface area (Å²) in [5.41, 5.74) is 1.59. The van der Waals surface area contributed by atoms with Crippen molar-refractivity contribution in [2.24, 2.45) is 0 Å². The number of esters is 1. The Hall–Kier alpha value is -3.49. The van der Waals surface area contributed by atoms with Gasteiger partial charge in [-0.15, -0.1) is 0 Å². The van der Waals surface area contributed by atoms with Crippen molar-refractivity contribution in [3.63, 3.8) is 0 Å². The fourth-order valence-electron chi connectivity index (χ4n) is 3.66. The first-order chi connectivity index (χ1) is 14.9. The Morgan fingerprint density at radius 3 is 1.90 bits per heavy atom. The van der Waals surface area contributed by atoms with Crippen LogP contribution < -0.4 is 14.2 Å². The zero-order chi connectivity index (χ0) is 22.3. The molecule has 1 aliphatic carbocycles. The summed E-state index contributed by atoms with van der Waals surface area (Å²) < 4.78 is 21.3. The number of rotatable bonds is 8. The van der Waals surface area contributed by atoms with E-state index in [1.165, 1.54) is 33.5 Å². The Balaban J connectivity index is 1.60. The Labute approximate surface area is 179 Å². The first-order valence-electron chi connectivity index (χ1n) is 9.91. The summed E-state index contributed by atoms with van der Waals surface area (Å²) in [5, 5.41) is 0. The minimum absolute atomic E-state index is 0.177. The lowest BCUT2D eigenvalue weighted by Crippen LogP contribution is -2.31. The highest BCUT2D eigenvalue weighted by Gasteiger charge is 2.42. The van der Waals surface area contributed by atoms with Gasteiger partial charge in [-0.2, -0.15) is 0 Å². The maximum atomic E-state index is 13.2. The molecule has 2 heterocycles. The smallest absolute Gasteiger partial charge is 0.338 e. The van der Waals surface area contributed by atoms with E-state index in [1.807, 2.05) is 9.80 Å². The van der Waals surface area contributed by atoms with Crippen LogP contribution in [0.1, 0.15) is 17.3 Å². The molecule has 0 radical (unpaired) electrons. The summed E-state index contributed by atoms with van der Waals surface area (Å²) in [6.07, 6.45) is 0. The van der Waals surface area contributed by atoms with Crippen molar-refractivity contribution in [3.05, 3.63) is 40.2 Å². The summed E-state index contributed by atoms with van der Waals surface area (Å²) in [6, 6.07) is 2.95. The second-order valence-electron chi connectivity index (χ2n) is 7.42. The SMILES string of the molecule is COc1cc(C(=O)OCC2=C(N3CC3)C(=O)C(C)=C(N3CC3)C2=O)cc(OC)c1OC. The van der Waals surface area contributed by atoms with Crippen LogP contribution in [-0.2, 0) is 14.3 Å². The normalized spacial score (nSPS) is 17.8. The lowest BCUT2D eigenvalue weighted by molar-refractivity contribution is -0.118. The molecule has 3 aliphatic rings. The van der Waals surface area contributed by atoms with E-state index < -0.39 is 5.97 Å². The molecule has 164 valence electrons. The molecule has 2 fully saturated rings. The molecular weight excluding hydrogens is 404 g/mol. The lowest BCUT2D eigenvalue weighted by Gasteiger charge is -2.23. The van der Waals surface area contributed by atoms with Gasteiger partial charge in [-0.1, -0.05) is 0 Å². The molecule has 9 nitrogen and oxygen atoms in total. The van der Waals surface area contributed by atoms with Crippen LogP contribution in [0.3, 0.4) is 0 Å². The molecular formula is C22H24N2O7. The average molecular weight is 428 g/mol. The molecule has 2 saturated heterocycles. The number of nitrogens with zero attached hydrogens (tertiary/aromatic N) is 2. The number of hydrogen-bond donors (Lipinski definition) is 0. The number of carbonyl (C=O) groups is 3. The summed E-state index contributed by atoms with van der Waals surface area (Å²) in [6.45, 7) is 4.26.